The highest BCUT2D eigenvalue weighted by molar-refractivity contribution is 7.86. The number of pyridine rings is 1. The molecule has 0 aromatic carbocycles. The van der Waals surface area contributed by atoms with Gasteiger partial charge in [-0.3, -0.25) is 9.54 Å². The number of alkyl halides is 3. The molecule has 0 aliphatic heterocycles. The van der Waals surface area contributed by atoms with Gasteiger partial charge in [0.15, 0.2) is 0 Å². The molecule has 0 unspecified atom stereocenters. The fraction of sp³-hybridized carbons (Fsp3) is 0.167. The quantitative estimate of drug-likeness (QED) is 0.575. The first kappa shape index (κ1) is 16.6. The summed E-state index contributed by atoms with van der Waals surface area (Å²) in [7, 11) is -5.84. The summed E-state index contributed by atoms with van der Waals surface area (Å²) in [6, 6.07) is 5.72. The molecule has 88 valence electrons. The number of hydrogen-bond acceptors (Lipinski definition) is 3. The molecule has 0 atom stereocenters. The SMILES string of the molecule is Cl.O=S(=O)(O)C(F)(F)F.c1ccncc1. The standard InChI is InChI=1S/C5H5N.CHF3O3S.ClH/c1-2-4-6-5-3-1;2-1(3,4)8(5,6)7;/h1-5H;(H,5,6,7);1H. The van der Waals surface area contributed by atoms with Crippen molar-refractivity contribution in [2.24, 2.45) is 0 Å². The first-order chi connectivity index (χ1) is 6.25. The molecule has 1 N–H and O–H groups in total. The van der Waals surface area contributed by atoms with E-state index in [9.17, 15) is 13.2 Å². The zero-order chi connectivity index (χ0) is 11.2. The molecule has 1 rings (SSSR count). The molecule has 1 aromatic heterocycles. The van der Waals surface area contributed by atoms with Crippen LogP contribution >= 0.6 is 12.4 Å². The Bertz CT molecular complexity index is 327. The number of halogens is 4. The Morgan fingerprint density at radius 2 is 1.40 bits per heavy atom. The summed E-state index contributed by atoms with van der Waals surface area (Å²) in [5, 5.41) is 0. The van der Waals surface area contributed by atoms with Crippen molar-refractivity contribution in [3.63, 3.8) is 0 Å². The zero-order valence-corrected chi connectivity index (χ0v) is 8.68. The van der Waals surface area contributed by atoms with E-state index in [0.717, 1.165) is 0 Å². The lowest BCUT2D eigenvalue weighted by molar-refractivity contribution is -0.0510. The van der Waals surface area contributed by atoms with Crippen molar-refractivity contribution in [2.45, 2.75) is 5.51 Å². The second kappa shape index (κ2) is 6.59. The van der Waals surface area contributed by atoms with E-state index in [4.69, 9.17) is 13.0 Å². The van der Waals surface area contributed by atoms with Gasteiger partial charge in [-0.25, -0.2) is 0 Å². The molecular formula is C6H7ClF3NO3S. The Hall–Kier alpha value is -0.860. The van der Waals surface area contributed by atoms with Gasteiger partial charge in [0.05, 0.1) is 0 Å². The molecule has 0 radical (unpaired) electrons. The summed E-state index contributed by atoms with van der Waals surface area (Å²) in [6.07, 6.45) is 3.50. The second-order valence-electron chi connectivity index (χ2n) is 1.95. The summed E-state index contributed by atoms with van der Waals surface area (Å²) in [5.41, 5.74) is -5.53. The van der Waals surface area contributed by atoms with Crippen LogP contribution in [0.4, 0.5) is 13.2 Å². The Morgan fingerprint density at radius 3 is 1.47 bits per heavy atom. The minimum Gasteiger partial charge on any atom is -0.279 e. The molecule has 0 amide bonds. The van der Waals surface area contributed by atoms with Crippen LogP contribution in [0.2, 0.25) is 0 Å². The summed E-state index contributed by atoms with van der Waals surface area (Å²) in [4.78, 5) is 3.78. The lowest BCUT2D eigenvalue weighted by Crippen LogP contribution is -2.21. The molecule has 0 bridgehead atoms. The lowest BCUT2D eigenvalue weighted by atomic mass is 10.5. The van der Waals surface area contributed by atoms with Crippen molar-refractivity contribution in [1.29, 1.82) is 0 Å². The Morgan fingerprint density at radius 1 is 1.07 bits per heavy atom. The van der Waals surface area contributed by atoms with Crippen LogP contribution in [0.15, 0.2) is 30.6 Å². The normalized spacial score (nSPS) is 10.7. The van der Waals surface area contributed by atoms with E-state index in [1.54, 1.807) is 12.4 Å². The monoisotopic (exact) mass is 265 g/mol. The van der Waals surface area contributed by atoms with Gasteiger partial charge in [-0.2, -0.15) is 21.6 Å². The summed E-state index contributed by atoms with van der Waals surface area (Å²) in [6.45, 7) is 0. The number of nitrogens with zero attached hydrogens (tertiary/aromatic N) is 1. The molecule has 0 saturated carbocycles. The van der Waals surface area contributed by atoms with E-state index < -0.39 is 15.6 Å². The summed E-state index contributed by atoms with van der Waals surface area (Å²) >= 11 is 0. The third kappa shape index (κ3) is 8.16. The highest BCUT2D eigenvalue weighted by Gasteiger charge is 2.44. The molecule has 0 fully saturated rings. The van der Waals surface area contributed by atoms with Crippen molar-refractivity contribution in [2.75, 3.05) is 0 Å². The fourth-order valence-corrected chi connectivity index (χ4v) is 0.313. The molecule has 1 aromatic rings. The van der Waals surface area contributed by atoms with Gasteiger partial charge in [0.2, 0.25) is 0 Å². The maximum absolute atomic E-state index is 10.7. The minimum absolute atomic E-state index is 0. The topological polar surface area (TPSA) is 67.3 Å². The molecule has 4 nitrogen and oxygen atoms in total. The molecule has 0 aliphatic carbocycles. The average molecular weight is 266 g/mol. The Labute approximate surface area is 90.3 Å². The third-order valence-corrected chi connectivity index (χ3v) is 1.44. The molecule has 1 heterocycles. The van der Waals surface area contributed by atoms with Crippen molar-refractivity contribution in [3.8, 4) is 0 Å². The Balaban J connectivity index is 0. The van der Waals surface area contributed by atoms with Gasteiger partial charge >= 0.3 is 15.6 Å². The van der Waals surface area contributed by atoms with Gasteiger partial charge in [0.1, 0.15) is 0 Å². The first-order valence-corrected chi connectivity index (χ1v) is 4.58. The van der Waals surface area contributed by atoms with Gasteiger partial charge in [0.25, 0.3) is 0 Å². The summed E-state index contributed by atoms with van der Waals surface area (Å²) in [5.74, 6) is 0. The molecule has 0 aliphatic rings. The van der Waals surface area contributed by atoms with Crippen LogP contribution in [0.3, 0.4) is 0 Å². The molecule has 15 heavy (non-hydrogen) atoms. The van der Waals surface area contributed by atoms with Crippen molar-refractivity contribution in [1.82, 2.24) is 4.98 Å². The molecule has 9 heteroatoms. The van der Waals surface area contributed by atoms with Gasteiger partial charge in [-0.1, -0.05) is 6.07 Å². The van der Waals surface area contributed by atoms with Crippen LogP contribution in [-0.2, 0) is 10.1 Å². The number of rotatable bonds is 0. The highest BCUT2D eigenvalue weighted by atomic mass is 35.5. The fourth-order valence-electron chi connectivity index (χ4n) is 0.313. The molecular weight excluding hydrogens is 259 g/mol. The van der Waals surface area contributed by atoms with Crippen LogP contribution in [0.1, 0.15) is 0 Å². The largest absolute Gasteiger partial charge is 0.522 e. The van der Waals surface area contributed by atoms with Gasteiger partial charge < -0.3 is 0 Å². The van der Waals surface area contributed by atoms with E-state index in [1.807, 2.05) is 18.2 Å². The second-order valence-corrected chi connectivity index (χ2v) is 3.36. The first-order valence-electron chi connectivity index (χ1n) is 3.14. The lowest BCUT2D eigenvalue weighted by Gasteiger charge is -1.97. The Kier molecular flexibility index (Phi) is 7.28. The van der Waals surface area contributed by atoms with E-state index in [2.05, 4.69) is 4.98 Å². The number of hydrogen-bond donors (Lipinski definition) is 1. The van der Waals surface area contributed by atoms with Gasteiger partial charge in [-0.15, -0.1) is 12.4 Å². The maximum atomic E-state index is 10.7. The summed E-state index contributed by atoms with van der Waals surface area (Å²) < 4.78 is 57.5. The zero-order valence-electron chi connectivity index (χ0n) is 7.05. The third-order valence-electron chi connectivity index (χ3n) is 0.859. The van der Waals surface area contributed by atoms with E-state index in [0.29, 0.717) is 0 Å². The molecule has 0 spiro atoms. The highest BCUT2D eigenvalue weighted by Crippen LogP contribution is 2.20. The van der Waals surface area contributed by atoms with Gasteiger partial charge in [-0.05, 0) is 12.1 Å². The van der Waals surface area contributed by atoms with E-state index >= 15 is 0 Å². The number of aromatic nitrogens is 1. The van der Waals surface area contributed by atoms with Crippen molar-refractivity contribution < 1.29 is 26.1 Å². The molecule has 0 saturated heterocycles. The van der Waals surface area contributed by atoms with Crippen LogP contribution in [-0.4, -0.2) is 23.5 Å². The predicted octanol–water partition coefficient (Wildman–Crippen LogP) is 1.90. The minimum atomic E-state index is -5.84. The van der Waals surface area contributed by atoms with Gasteiger partial charge in [0, 0.05) is 12.4 Å². The average Bonchev–Trinajstić information content (AvgIpc) is 2.05. The van der Waals surface area contributed by atoms with E-state index in [1.165, 1.54) is 0 Å². The van der Waals surface area contributed by atoms with Crippen molar-refractivity contribution >= 4 is 22.5 Å². The van der Waals surface area contributed by atoms with Crippen LogP contribution in [0.5, 0.6) is 0 Å². The van der Waals surface area contributed by atoms with Crippen LogP contribution in [0, 0.1) is 0 Å². The smallest absolute Gasteiger partial charge is 0.279 e. The van der Waals surface area contributed by atoms with E-state index in [-0.39, 0.29) is 12.4 Å². The van der Waals surface area contributed by atoms with Crippen molar-refractivity contribution in [3.05, 3.63) is 30.6 Å². The van der Waals surface area contributed by atoms with Crippen LogP contribution < -0.4 is 0 Å². The van der Waals surface area contributed by atoms with Crippen LogP contribution in [0.25, 0.3) is 0 Å². The predicted molar refractivity (Wildman–Crippen MR) is 49.1 cm³/mol. The maximum Gasteiger partial charge on any atom is 0.522 e.